The average molecular weight is 467 g/mol. The topological polar surface area (TPSA) is 77.1 Å². The summed E-state index contributed by atoms with van der Waals surface area (Å²) in [5, 5.41) is 4.87. The lowest BCUT2D eigenvalue weighted by Gasteiger charge is -2.25. The highest BCUT2D eigenvalue weighted by molar-refractivity contribution is 7.09. The van der Waals surface area contributed by atoms with E-state index in [-0.39, 0.29) is 11.8 Å². The number of amides is 2. The second-order valence-corrected chi connectivity index (χ2v) is 8.51. The number of methoxy groups -OCH3 is 1. The number of hydrogen-bond acceptors (Lipinski definition) is 6. The fraction of sp³-hybridized carbons (Fsp3) is 0.280. The molecule has 33 heavy (non-hydrogen) atoms. The molecule has 2 aromatic carbocycles. The first-order valence-electron chi connectivity index (χ1n) is 10.8. The minimum atomic E-state index is -0.174. The van der Waals surface area contributed by atoms with E-state index in [4.69, 9.17) is 14.2 Å². The Kier molecular flexibility index (Phi) is 7.47. The van der Waals surface area contributed by atoms with Crippen molar-refractivity contribution < 1.29 is 23.8 Å². The molecule has 0 unspecified atom stereocenters. The third-order valence-electron chi connectivity index (χ3n) is 5.24. The van der Waals surface area contributed by atoms with Crippen molar-refractivity contribution in [3.05, 3.63) is 70.4 Å². The zero-order valence-corrected chi connectivity index (χ0v) is 19.2. The maximum Gasteiger partial charge on any atom is 0.251 e. The monoisotopic (exact) mass is 466 g/mol. The summed E-state index contributed by atoms with van der Waals surface area (Å²) in [6, 6.07) is 16.5. The van der Waals surface area contributed by atoms with Gasteiger partial charge in [0, 0.05) is 35.2 Å². The van der Waals surface area contributed by atoms with Gasteiger partial charge in [0.2, 0.25) is 5.91 Å². The highest BCUT2D eigenvalue weighted by atomic mass is 32.1. The molecule has 0 radical (unpaired) electrons. The summed E-state index contributed by atoms with van der Waals surface area (Å²) < 4.78 is 16.4. The van der Waals surface area contributed by atoms with Crippen molar-refractivity contribution in [3.8, 4) is 17.2 Å². The Balaban J connectivity index is 1.36. The SMILES string of the molecule is COc1ccc(C(=O)NCCCC(=O)N(Cc2cccs2)c2ccc3c(c2)OCCO3)cc1. The van der Waals surface area contributed by atoms with Crippen molar-refractivity contribution >= 4 is 28.8 Å². The zero-order valence-electron chi connectivity index (χ0n) is 18.4. The Hall–Kier alpha value is -3.52. The maximum atomic E-state index is 13.2. The van der Waals surface area contributed by atoms with Gasteiger partial charge >= 0.3 is 0 Å². The van der Waals surface area contributed by atoms with Crippen molar-refractivity contribution in [2.45, 2.75) is 19.4 Å². The van der Waals surface area contributed by atoms with E-state index in [0.717, 1.165) is 10.6 Å². The minimum absolute atomic E-state index is 0.0150. The lowest BCUT2D eigenvalue weighted by atomic mass is 10.2. The van der Waals surface area contributed by atoms with Crippen molar-refractivity contribution in [2.24, 2.45) is 0 Å². The standard InChI is InChI=1S/C25H26N2O5S/c1-30-20-9-6-18(7-10-20)25(29)26-12-2-5-24(28)27(17-21-4-3-15-33-21)19-8-11-22-23(16-19)32-14-13-31-22/h3-4,6-11,15-16H,2,5,12-14,17H2,1H3,(H,26,29). The average Bonchev–Trinajstić information content (AvgIpc) is 3.38. The van der Waals surface area contributed by atoms with Gasteiger partial charge in [-0.2, -0.15) is 0 Å². The molecular formula is C25H26N2O5S. The van der Waals surface area contributed by atoms with Crippen LogP contribution in [0.3, 0.4) is 0 Å². The molecule has 1 aliphatic rings. The molecule has 0 atom stereocenters. The Bertz CT molecular complexity index is 1080. The molecule has 0 saturated heterocycles. The molecule has 1 aromatic heterocycles. The van der Waals surface area contributed by atoms with E-state index >= 15 is 0 Å². The fourth-order valence-electron chi connectivity index (χ4n) is 3.50. The van der Waals surface area contributed by atoms with Crippen LogP contribution in [0.5, 0.6) is 17.2 Å². The lowest BCUT2D eigenvalue weighted by Crippen LogP contribution is -2.31. The molecular weight excluding hydrogens is 440 g/mol. The van der Waals surface area contributed by atoms with Crippen LogP contribution in [0.25, 0.3) is 0 Å². The van der Waals surface area contributed by atoms with E-state index < -0.39 is 0 Å². The van der Waals surface area contributed by atoms with Gasteiger partial charge in [-0.3, -0.25) is 9.59 Å². The summed E-state index contributed by atoms with van der Waals surface area (Å²) in [4.78, 5) is 28.3. The van der Waals surface area contributed by atoms with Crippen molar-refractivity contribution in [3.63, 3.8) is 0 Å². The van der Waals surface area contributed by atoms with Gasteiger partial charge in [-0.25, -0.2) is 0 Å². The normalized spacial score (nSPS) is 12.2. The molecule has 1 aliphatic heterocycles. The van der Waals surface area contributed by atoms with Crippen molar-refractivity contribution in [1.82, 2.24) is 5.32 Å². The molecule has 2 heterocycles. The Morgan fingerprint density at radius 2 is 1.85 bits per heavy atom. The van der Waals surface area contributed by atoms with E-state index in [2.05, 4.69) is 5.32 Å². The predicted octanol–water partition coefficient (Wildman–Crippen LogP) is 4.27. The van der Waals surface area contributed by atoms with Crippen molar-refractivity contribution in [2.75, 3.05) is 31.8 Å². The molecule has 172 valence electrons. The van der Waals surface area contributed by atoms with E-state index in [1.807, 2.05) is 35.7 Å². The first-order valence-corrected chi connectivity index (χ1v) is 11.7. The number of thiophene rings is 1. The molecule has 3 aromatic rings. The number of nitrogens with zero attached hydrogens (tertiary/aromatic N) is 1. The number of hydrogen-bond donors (Lipinski definition) is 1. The molecule has 1 N–H and O–H groups in total. The molecule has 0 fully saturated rings. The van der Waals surface area contributed by atoms with Gasteiger partial charge in [-0.1, -0.05) is 6.07 Å². The van der Waals surface area contributed by atoms with Gasteiger partial charge in [-0.05, 0) is 54.3 Å². The third-order valence-corrected chi connectivity index (χ3v) is 6.10. The summed E-state index contributed by atoms with van der Waals surface area (Å²) >= 11 is 1.61. The number of nitrogens with one attached hydrogen (secondary N) is 1. The third kappa shape index (κ3) is 5.84. The van der Waals surface area contributed by atoms with Crippen LogP contribution in [-0.2, 0) is 11.3 Å². The number of rotatable bonds is 9. The minimum Gasteiger partial charge on any atom is -0.497 e. The van der Waals surface area contributed by atoms with Crippen LogP contribution in [0.1, 0.15) is 28.1 Å². The molecule has 0 aliphatic carbocycles. The van der Waals surface area contributed by atoms with Crippen LogP contribution in [0, 0.1) is 0 Å². The zero-order chi connectivity index (χ0) is 23.0. The van der Waals surface area contributed by atoms with Crippen LogP contribution < -0.4 is 24.4 Å². The van der Waals surface area contributed by atoms with Gasteiger partial charge in [0.15, 0.2) is 11.5 Å². The number of benzene rings is 2. The summed E-state index contributed by atoms with van der Waals surface area (Å²) in [5.41, 5.74) is 1.32. The van der Waals surface area contributed by atoms with Crippen molar-refractivity contribution in [1.29, 1.82) is 0 Å². The molecule has 4 rings (SSSR count). The quantitative estimate of drug-likeness (QED) is 0.477. The fourth-order valence-corrected chi connectivity index (χ4v) is 4.20. The summed E-state index contributed by atoms with van der Waals surface area (Å²) in [6.45, 7) is 1.90. The van der Waals surface area contributed by atoms with Crippen LogP contribution in [0.4, 0.5) is 5.69 Å². The summed E-state index contributed by atoms with van der Waals surface area (Å²) in [5.74, 6) is 1.84. The van der Waals surface area contributed by atoms with Gasteiger partial charge in [0.05, 0.1) is 13.7 Å². The van der Waals surface area contributed by atoms with Crippen LogP contribution in [0.2, 0.25) is 0 Å². The number of ether oxygens (including phenoxy) is 3. The second-order valence-electron chi connectivity index (χ2n) is 7.48. The number of anilines is 1. The molecule has 8 heteroatoms. The largest absolute Gasteiger partial charge is 0.497 e. The van der Waals surface area contributed by atoms with Gasteiger partial charge in [-0.15, -0.1) is 11.3 Å². The smallest absolute Gasteiger partial charge is 0.251 e. The Morgan fingerprint density at radius 3 is 2.58 bits per heavy atom. The van der Waals surface area contributed by atoms with E-state index in [9.17, 15) is 9.59 Å². The van der Waals surface area contributed by atoms with Gasteiger partial charge in [0.1, 0.15) is 19.0 Å². The first-order chi connectivity index (χ1) is 16.1. The van der Waals surface area contributed by atoms with E-state index in [1.165, 1.54) is 0 Å². The molecule has 0 bridgehead atoms. The number of carbonyl (C=O) groups excluding carboxylic acids is 2. The first kappa shape index (κ1) is 22.7. The predicted molar refractivity (Wildman–Crippen MR) is 128 cm³/mol. The van der Waals surface area contributed by atoms with Gasteiger partial charge < -0.3 is 24.4 Å². The Labute approximate surface area is 196 Å². The summed E-state index contributed by atoms with van der Waals surface area (Å²) in [6.07, 6.45) is 0.842. The molecule has 0 saturated carbocycles. The van der Waals surface area contributed by atoms with Crippen LogP contribution in [-0.4, -0.2) is 38.7 Å². The number of carbonyl (C=O) groups is 2. The molecule has 2 amide bonds. The molecule has 7 nitrogen and oxygen atoms in total. The molecule has 0 spiro atoms. The van der Waals surface area contributed by atoms with Crippen LogP contribution >= 0.6 is 11.3 Å². The van der Waals surface area contributed by atoms with E-state index in [0.29, 0.717) is 62.0 Å². The highest BCUT2D eigenvalue weighted by Gasteiger charge is 2.20. The second kappa shape index (κ2) is 10.9. The number of fused-ring (bicyclic) bond motifs is 1. The summed E-state index contributed by atoms with van der Waals surface area (Å²) in [7, 11) is 1.58. The van der Waals surface area contributed by atoms with E-state index in [1.54, 1.807) is 47.6 Å². The maximum absolute atomic E-state index is 13.2. The highest BCUT2D eigenvalue weighted by Crippen LogP contribution is 2.35. The van der Waals surface area contributed by atoms with Crippen LogP contribution in [0.15, 0.2) is 60.0 Å². The Morgan fingerprint density at radius 1 is 1.06 bits per heavy atom. The van der Waals surface area contributed by atoms with Gasteiger partial charge in [0.25, 0.3) is 5.91 Å². The lowest BCUT2D eigenvalue weighted by molar-refractivity contribution is -0.118.